The van der Waals surface area contributed by atoms with Crippen LogP contribution in [0.2, 0.25) is 0 Å². The van der Waals surface area contributed by atoms with E-state index in [0.717, 1.165) is 42.0 Å². The van der Waals surface area contributed by atoms with E-state index in [2.05, 4.69) is 48.2 Å². The summed E-state index contributed by atoms with van der Waals surface area (Å²) in [7, 11) is 0. The molecule has 28 heavy (non-hydrogen) atoms. The summed E-state index contributed by atoms with van der Waals surface area (Å²) in [5, 5.41) is 12.1. The smallest absolute Gasteiger partial charge is 0.303 e. The fourth-order valence-electron chi connectivity index (χ4n) is 2.80. The first-order valence-corrected chi connectivity index (χ1v) is 9.78. The Kier molecular flexibility index (Phi) is 8.53. The number of H-pyrrole nitrogens is 1. The number of benzene rings is 1. The highest BCUT2D eigenvalue weighted by atomic mass is 16.4. The third-order valence-corrected chi connectivity index (χ3v) is 4.48. The Labute approximate surface area is 167 Å². The van der Waals surface area contributed by atoms with Crippen molar-refractivity contribution in [2.45, 2.75) is 59.4 Å². The Morgan fingerprint density at radius 1 is 1.14 bits per heavy atom. The number of aliphatic carboxylic acids is 1. The number of carboxylic acids is 1. The minimum Gasteiger partial charge on any atom is -0.481 e. The van der Waals surface area contributed by atoms with Crippen LogP contribution in [0.5, 0.6) is 0 Å². The zero-order valence-corrected chi connectivity index (χ0v) is 17.1. The maximum Gasteiger partial charge on any atom is 0.303 e. The molecule has 2 aromatic rings. The zero-order valence-electron chi connectivity index (χ0n) is 17.1. The van der Waals surface area contributed by atoms with Gasteiger partial charge in [0.2, 0.25) is 0 Å². The predicted octanol–water partition coefficient (Wildman–Crippen LogP) is 5.27. The van der Waals surface area contributed by atoms with Gasteiger partial charge in [-0.3, -0.25) is 4.79 Å². The summed E-state index contributed by atoms with van der Waals surface area (Å²) in [6.45, 7) is 7.10. The lowest BCUT2D eigenvalue weighted by atomic mass is 10.1. The Bertz CT molecular complexity index is 813. The van der Waals surface area contributed by atoms with E-state index in [9.17, 15) is 4.79 Å². The largest absolute Gasteiger partial charge is 0.481 e. The average molecular weight is 382 g/mol. The van der Waals surface area contributed by atoms with E-state index in [1.807, 2.05) is 30.5 Å². The van der Waals surface area contributed by atoms with Gasteiger partial charge in [-0.05, 0) is 57.7 Å². The van der Waals surface area contributed by atoms with Gasteiger partial charge in [-0.1, -0.05) is 35.4 Å². The Morgan fingerprint density at radius 3 is 2.57 bits per heavy atom. The highest BCUT2D eigenvalue weighted by molar-refractivity contribution is 5.67. The summed E-state index contributed by atoms with van der Waals surface area (Å²) in [4.78, 5) is 18.4. The first-order chi connectivity index (χ1) is 13.4. The van der Waals surface area contributed by atoms with E-state index < -0.39 is 5.97 Å². The van der Waals surface area contributed by atoms with Crippen molar-refractivity contribution in [1.29, 1.82) is 0 Å². The molecule has 0 unspecified atom stereocenters. The molecule has 150 valence electrons. The van der Waals surface area contributed by atoms with E-state index in [1.54, 1.807) is 0 Å². The Morgan fingerprint density at radius 2 is 1.89 bits per heavy atom. The molecule has 0 saturated heterocycles. The number of allylic oxidation sites excluding steroid dienone is 4. The highest BCUT2D eigenvalue weighted by Crippen LogP contribution is 2.13. The molecule has 0 aliphatic heterocycles. The van der Waals surface area contributed by atoms with Crippen LogP contribution in [0.25, 0.3) is 0 Å². The summed E-state index contributed by atoms with van der Waals surface area (Å²) in [6.07, 6.45) is 10.1. The predicted molar refractivity (Wildman–Crippen MR) is 114 cm³/mol. The van der Waals surface area contributed by atoms with E-state index in [0.29, 0.717) is 13.0 Å². The van der Waals surface area contributed by atoms with Crippen LogP contribution < -0.4 is 5.32 Å². The van der Waals surface area contributed by atoms with E-state index >= 15 is 0 Å². The van der Waals surface area contributed by atoms with Crippen LogP contribution in [-0.2, 0) is 24.2 Å². The minimum absolute atomic E-state index is 0.159. The van der Waals surface area contributed by atoms with E-state index in [-0.39, 0.29) is 6.42 Å². The summed E-state index contributed by atoms with van der Waals surface area (Å²) in [6, 6.07) is 7.89. The van der Waals surface area contributed by atoms with Gasteiger partial charge < -0.3 is 15.4 Å². The molecular formula is C23H31N3O2. The van der Waals surface area contributed by atoms with Crippen LogP contribution in [0.4, 0.5) is 5.69 Å². The molecule has 5 nitrogen and oxygen atoms in total. The number of anilines is 1. The molecule has 0 amide bonds. The number of aromatic amines is 1. The maximum absolute atomic E-state index is 10.6. The van der Waals surface area contributed by atoms with Crippen LogP contribution in [0.3, 0.4) is 0 Å². The second kappa shape index (κ2) is 11.1. The first-order valence-electron chi connectivity index (χ1n) is 9.78. The molecule has 5 heteroatoms. The standard InChI is InChI=1S/C23H31N3O2/c1-17(2)5-4-6-18(3)7-13-22-25-16-21(26-22)15-24-20-11-8-19(9-12-20)10-14-23(27)28/h5,7-9,11-12,16,24H,4,6,10,13-15H2,1-3H3,(H,25,26)(H,27,28). The summed E-state index contributed by atoms with van der Waals surface area (Å²) >= 11 is 0. The van der Waals surface area contributed by atoms with Gasteiger partial charge in [-0.15, -0.1) is 0 Å². The van der Waals surface area contributed by atoms with Crippen molar-refractivity contribution in [3.05, 3.63) is 70.8 Å². The SMILES string of the molecule is CC(C)=CCCC(C)=CCc1ncc(CNc2ccc(CCC(=O)O)cc2)[nH]1. The summed E-state index contributed by atoms with van der Waals surface area (Å²) in [5.74, 6) is 0.206. The quantitative estimate of drug-likeness (QED) is 0.463. The third kappa shape index (κ3) is 8.25. The van der Waals surface area contributed by atoms with Crippen molar-refractivity contribution >= 4 is 11.7 Å². The number of carboxylic acid groups (broad SMARTS) is 1. The fraction of sp³-hybridized carbons (Fsp3) is 0.391. The lowest BCUT2D eigenvalue weighted by Gasteiger charge is -2.06. The lowest BCUT2D eigenvalue weighted by Crippen LogP contribution is -2.01. The van der Waals surface area contributed by atoms with Gasteiger partial charge in [0, 0.05) is 18.5 Å². The number of nitrogens with one attached hydrogen (secondary N) is 2. The summed E-state index contributed by atoms with van der Waals surface area (Å²) in [5.41, 5.74) is 5.83. The normalized spacial score (nSPS) is 11.3. The molecule has 1 heterocycles. The number of imidazole rings is 1. The maximum atomic E-state index is 10.6. The molecule has 0 aliphatic carbocycles. The van der Waals surface area contributed by atoms with Crippen molar-refractivity contribution in [3.63, 3.8) is 0 Å². The molecule has 1 aromatic carbocycles. The number of aromatic nitrogens is 2. The molecule has 0 spiro atoms. The molecule has 0 atom stereocenters. The molecule has 0 saturated carbocycles. The Hall–Kier alpha value is -2.82. The molecular weight excluding hydrogens is 350 g/mol. The molecule has 0 bridgehead atoms. The van der Waals surface area contributed by atoms with E-state index in [4.69, 9.17) is 5.11 Å². The van der Waals surface area contributed by atoms with Crippen LogP contribution in [0.15, 0.2) is 53.8 Å². The van der Waals surface area contributed by atoms with Crippen molar-refractivity contribution < 1.29 is 9.90 Å². The van der Waals surface area contributed by atoms with Gasteiger partial charge in [-0.25, -0.2) is 4.98 Å². The number of hydrogen-bond acceptors (Lipinski definition) is 3. The van der Waals surface area contributed by atoms with Gasteiger partial charge in [0.15, 0.2) is 0 Å². The highest BCUT2D eigenvalue weighted by Gasteiger charge is 2.02. The number of rotatable bonds is 11. The Balaban J connectivity index is 1.78. The molecule has 1 aromatic heterocycles. The van der Waals surface area contributed by atoms with E-state index in [1.165, 1.54) is 11.1 Å². The number of nitrogens with zero attached hydrogens (tertiary/aromatic N) is 1. The van der Waals surface area contributed by atoms with Crippen molar-refractivity contribution in [2.75, 3.05) is 5.32 Å². The molecule has 0 aliphatic rings. The molecule has 3 N–H and O–H groups in total. The van der Waals surface area contributed by atoms with Gasteiger partial charge in [0.05, 0.1) is 18.4 Å². The molecule has 0 fully saturated rings. The van der Waals surface area contributed by atoms with Crippen molar-refractivity contribution in [2.24, 2.45) is 0 Å². The van der Waals surface area contributed by atoms with Crippen LogP contribution in [0, 0.1) is 0 Å². The summed E-state index contributed by atoms with van der Waals surface area (Å²) < 4.78 is 0. The van der Waals surface area contributed by atoms with Gasteiger partial charge in [0.1, 0.15) is 5.82 Å². The first kappa shape index (κ1) is 21.5. The minimum atomic E-state index is -0.768. The second-order valence-corrected chi connectivity index (χ2v) is 7.37. The van der Waals surface area contributed by atoms with Gasteiger partial charge in [0.25, 0.3) is 0 Å². The van der Waals surface area contributed by atoms with Crippen LogP contribution >= 0.6 is 0 Å². The van der Waals surface area contributed by atoms with Gasteiger partial charge >= 0.3 is 5.97 Å². The van der Waals surface area contributed by atoms with Gasteiger partial charge in [-0.2, -0.15) is 0 Å². The number of aryl methyl sites for hydroxylation is 1. The van der Waals surface area contributed by atoms with Crippen molar-refractivity contribution in [1.82, 2.24) is 9.97 Å². The lowest BCUT2D eigenvalue weighted by molar-refractivity contribution is -0.136. The monoisotopic (exact) mass is 381 g/mol. The zero-order chi connectivity index (χ0) is 20.4. The average Bonchev–Trinajstić information content (AvgIpc) is 3.11. The topological polar surface area (TPSA) is 78.0 Å². The molecule has 0 radical (unpaired) electrons. The van der Waals surface area contributed by atoms with Crippen LogP contribution in [-0.4, -0.2) is 21.0 Å². The number of hydrogen-bond donors (Lipinski definition) is 3. The number of carbonyl (C=O) groups is 1. The third-order valence-electron chi connectivity index (χ3n) is 4.48. The van der Waals surface area contributed by atoms with Crippen LogP contribution in [0.1, 0.15) is 57.1 Å². The van der Waals surface area contributed by atoms with Crippen molar-refractivity contribution in [3.8, 4) is 0 Å². The molecule has 2 rings (SSSR count). The fourth-order valence-corrected chi connectivity index (χ4v) is 2.80. The second-order valence-electron chi connectivity index (χ2n) is 7.37.